The number of benzene rings is 1. The molecule has 6 nitrogen and oxygen atoms in total. The third-order valence-corrected chi connectivity index (χ3v) is 4.99. The van der Waals surface area contributed by atoms with Crippen LogP contribution in [-0.2, 0) is 22.5 Å². The minimum atomic E-state index is 0.139. The number of hydrogen-bond donors (Lipinski definition) is 0. The summed E-state index contributed by atoms with van der Waals surface area (Å²) in [6.07, 6.45) is 6.88. The van der Waals surface area contributed by atoms with E-state index in [1.54, 1.807) is 12.4 Å². The summed E-state index contributed by atoms with van der Waals surface area (Å²) < 4.78 is 16.5. The molecule has 1 fully saturated rings. The van der Waals surface area contributed by atoms with E-state index in [-0.39, 0.29) is 18.8 Å². The Labute approximate surface area is 159 Å². The lowest BCUT2D eigenvalue weighted by Gasteiger charge is -2.25. The topological polar surface area (TPSA) is 60.9 Å². The molecule has 1 saturated heterocycles. The van der Waals surface area contributed by atoms with Gasteiger partial charge in [0.15, 0.2) is 11.5 Å². The van der Waals surface area contributed by atoms with Crippen LogP contribution in [0.25, 0.3) is 0 Å². The number of ether oxygens (including phenoxy) is 3. The Bertz CT molecular complexity index is 775. The molecule has 0 bridgehead atoms. The quantitative estimate of drug-likeness (QED) is 0.752. The maximum Gasteiger partial charge on any atom is 0.231 e. The first-order valence-corrected chi connectivity index (χ1v) is 9.45. The van der Waals surface area contributed by atoms with E-state index in [9.17, 15) is 4.79 Å². The normalized spacial score (nSPS) is 17.9. The van der Waals surface area contributed by atoms with E-state index in [1.807, 2.05) is 35.2 Å². The Morgan fingerprint density at radius 1 is 1.11 bits per heavy atom. The predicted octanol–water partition coefficient (Wildman–Crippen LogP) is 2.95. The van der Waals surface area contributed by atoms with Crippen LogP contribution in [-0.4, -0.2) is 41.8 Å². The lowest BCUT2D eigenvalue weighted by atomic mass is 10.1. The number of aryl methyl sites for hydroxylation is 1. The fourth-order valence-corrected chi connectivity index (χ4v) is 3.50. The zero-order valence-corrected chi connectivity index (χ0v) is 15.3. The van der Waals surface area contributed by atoms with Crippen LogP contribution < -0.4 is 9.47 Å². The van der Waals surface area contributed by atoms with Gasteiger partial charge >= 0.3 is 0 Å². The van der Waals surface area contributed by atoms with Gasteiger partial charge in [-0.2, -0.15) is 0 Å². The molecular weight excluding hydrogens is 344 g/mol. The molecule has 1 amide bonds. The molecule has 1 aromatic heterocycles. The summed E-state index contributed by atoms with van der Waals surface area (Å²) in [6.45, 7) is 2.28. The summed E-state index contributed by atoms with van der Waals surface area (Å²) in [4.78, 5) is 18.9. The van der Waals surface area contributed by atoms with Crippen molar-refractivity contribution in [2.45, 2.75) is 38.3 Å². The van der Waals surface area contributed by atoms with Crippen LogP contribution in [0.2, 0.25) is 0 Å². The number of amides is 1. The highest BCUT2D eigenvalue weighted by molar-refractivity contribution is 5.76. The summed E-state index contributed by atoms with van der Waals surface area (Å²) in [7, 11) is 0. The summed E-state index contributed by atoms with van der Waals surface area (Å²) in [6, 6.07) is 9.77. The van der Waals surface area contributed by atoms with Crippen molar-refractivity contribution in [1.29, 1.82) is 0 Å². The van der Waals surface area contributed by atoms with Crippen LogP contribution >= 0.6 is 0 Å². The van der Waals surface area contributed by atoms with Crippen molar-refractivity contribution in [3.8, 4) is 11.5 Å². The second kappa shape index (κ2) is 8.39. The molecule has 0 N–H and O–H groups in total. The Morgan fingerprint density at radius 2 is 1.96 bits per heavy atom. The van der Waals surface area contributed by atoms with Gasteiger partial charge in [-0.15, -0.1) is 0 Å². The van der Waals surface area contributed by atoms with Crippen molar-refractivity contribution in [3.05, 3.63) is 53.9 Å². The van der Waals surface area contributed by atoms with Crippen molar-refractivity contribution in [2.24, 2.45) is 0 Å². The monoisotopic (exact) mass is 368 g/mol. The zero-order chi connectivity index (χ0) is 18.5. The Morgan fingerprint density at radius 3 is 2.78 bits per heavy atom. The largest absolute Gasteiger partial charge is 0.454 e. The average Bonchev–Trinajstić information content (AvgIpc) is 3.37. The first-order valence-electron chi connectivity index (χ1n) is 9.45. The molecule has 1 atom stereocenters. The van der Waals surface area contributed by atoms with Crippen LogP contribution in [0.1, 0.15) is 30.4 Å². The number of hydrogen-bond acceptors (Lipinski definition) is 5. The van der Waals surface area contributed by atoms with Crippen molar-refractivity contribution in [2.75, 3.05) is 19.9 Å². The van der Waals surface area contributed by atoms with E-state index in [2.05, 4.69) is 4.98 Å². The molecule has 3 heterocycles. The molecule has 1 unspecified atom stereocenters. The molecule has 0 spiro atoms. The van der Waals surface area contributed by atoms with Gasteiger partial charge in [0.25, 0.3) is 0 Å². The third kappa shape index (κ3) is 4.57. The number of aromatic nitrogens is 1. The van der Waals surface area contributed by atoms with Gasteiger partial charge in [-0.05, 0) is 54.7 Å². The lowest BCUT2D eigenvalue weighted by molar-refractivity contribution is -0.133. The number of carbonyl (C=O) groups excluding carboxylic acids is 1. The SMILES string of the molecule is O=C(CCc1ccc2c(c1)OCO2)N(Cc1ccncc1)CC1CCCO1. The Balaban J connectivity index is 1.39. The number of pyridine rings is 1. The summed E-state index contributed by atoms with van der Waals surface area (Å²) in [5.74, 6) is 1.66. The predicted molar refractivity (Wildman–Crippen MR) is 99.5 cm³/mol. The molecule has 2 aliphatic heterocycles. The van der Waals surface area contributed by atoms with Crippen molar-refractivity contribution in [3.63, 3.8) is 0 Å². The molecule has 0 saturated carbocycles. The van der Waals surface area contributed by atoms with Gasteiger partial charge in [0.1, 0.15) is 0 Å². The molecule has 6 heteroatoms. The van der Waals surface area contributed by atoms with E-state index in [0.29, 0.717) is 25.9 Å². The molecule has 0 radical (unpaired) electrons. The highest BCUT2D eigenvalue weighted by atomic mass is 16.7. The molecule has 4 rings (SSSR count). The molecule has 0 aliphatic carbocycles. The summed E-state index contributed by atoms with van der Waals surface area (Å²) in [5.41, 5.74) is 2.16. The molecular formula is C21H24N2O4. The minimum absolute atomic E-state index is 0.139. The number of fused-ring (bicyclic) bond motifs is 1. The molecule has 27 heavy (non-hydrogen) atoms. The van der Waals surface area contributed by atoms with E-state index >= 15 is 0 Å². The number of rotatable bonds is 7. The Kier molecular flexibility index (Phi) is 5.53. The van der Waals surface area contributed by atoms with Crippen LogP contribution in [0.4, 0.5) is 0 Å². The lowest BCUT2D eigenvalue weighted by Crippen LogP contribution is -2.37. The molecule has 142 valence electrons. The zero-order valence-electron chi connectivity index (χ0n) is 15.3. The van der Waals surface area contributed by atoms with Crippen LogP contribution in [0.15, 0.2) is 42.7 Å². The fourth-order valence-electron chi connectivity index (χ4n) is 3.50. The van der Waals surface area contributed by atoms with Gasteiger partial charge in [-0.1, -0.05) is 6.07 Å². The van der Waals surface area contributed by atoms with Crippen LogP contribution in [0.5, 0.6) is 11.5 Å². The highest BCUT2D eigenvalue weighted by Gasteiger charge is 2.23. The third-order valence-electron chi connectivity index (χ3n) is 4.99. The van der Waals surface area contributed by atoms with Crippen LogP contribution in [0, 0.1) is 0 Å². The second-order valence-electron chi connectivity index (χ2n) is 6.95. The smallest absolute Gasteiger partial charge is 0.231 e. The van der Waals surface area contributed by atoms with Crippen molar-refractivity contribution >= 4 is 5.91 Å². The average molecular weight is 368 g/mol. The molecule has 2 aromatic rings. The van der Waals surface area contributed by atoms with Gasteiger partial charge in [-0.25, -0.2) is 0 Å². The van der Waals surface area contributed by atoms with Gasteiger partial charge in [0.05, 0.1) is 6.10 Å². The second-order valence-corrected chi connectivity index (χ2v) is 6.95. The Hall–Kier alpha value is -2.60. The maximum absolute atomic E-state index is 12.9. The fraction of sp³-hybridized carbons (Fsp3) is 0.429. The van der Waals surface area contributed by atoms with E-state index in [4.69, 9.17) is 14.2 Å². The molecule has 2 aliphatic rings. The van der Waals surface area contributed by atoms with Gasteiger partial charge in [0, 0.05) is 38.5 Å². The summed E-state index contributed by atoms with van der Waals surface area (Å²) in [5, 5.41) is 0. The maximum atomic E-state index is 12.9. The first kappa shape index (κ1) is 17.8. The van der Waals surface area contributed by atoms with E-state index in [1.165, 1.54) is 0 Å². The minimum Gasteiger partial charge on any atom is -0.454 e. The van der Waals surface area contributed by atoms with Crippen molar-refractivity contribution in [1.82, 2.24) is 9.88 Å². The number of carbonyl (C=O) groups is 1. The number of nitrogens with zero attached hydrogens (tertiary/aromatic N) is 2. The summed E-state index contributed by atoms with van der Waals surface area (Å²) >= 11 is 0. The van der Waals surface area contributed by atoms with Crippen molar-refractivity contribution < 1.29 is 19.0 Å². The van der Waals surface area contributed by atoms with Crippen LogP contribution in [0.3, 0.4) is 0 Å². The standard InChI is InChI=1S/C21H24N2O4/c24-21(6-4-16-3-5-19-20(12-16)27-15-26-19)23(14-18-2-1-11-25-18)13-17-7-9-22-10-8-17/h3,5,7-10,12,18H,1-2,4,6,11,13-15H2. The van der Waals surface area contributed by atoms with E-state index < -0.39 is 0 Å². The van der Waals surface area contributed by atoms with Gasteiger partial charge in [0.2, 0.25) is 12.7 Å². The molecule has 1 aromatic carbocycles. The van der Waals surface area contributed by atoms with E-state index in [0.717, 1.165) is 42.1 Å². The highest BCUT2D eigenvalue weighted by Crippen LogP contribution is 2.32. The van der Waals surface area contributed by atoms with Gasteiger partial charge in [-0.3, -0.25) is 9.78 Å². The van der Waals surface area contributed by atoms with Gasteiger partial charge < -0.3 is 19.1 Å². The first-order chi connectivity index (χ1) is 13.3.